The van der Waals surface area contributed by atoms with Crippen molar-refractivity contribution in [2.45, 2.75) is 84.0 Å². The van der Waals surface area contributed by atoms with Crippen LogP contribution < -0.4 is 10.6 Å². The summed E-state index contributed by atoms with van der Waals surface area (Å²) >= 11 is 0. The second-order valence-corrected chi connectivity index (χ2v) is 8.80. The second-order valence-electron chi connectivity index (χ2n) is 8.80. The minimum absolute atomic E-state index is 0.00340. The Bertz CT molecular complexity index is 417. The lowest BCUT2D eigenvalue weighted by molar-refractivity contribution is -0.151. The third-order valence-corrected chi connectivity index (χ3v) is 4.82. The van der Waals surface area contributed by atoms with Crippen molar-refractivity contribution >= 4 is 5.91 Å². The smallest absolute Gasteiger partial charge is 0.240 e. The number of carbonyl (C=O) groups excluding carboxylic acids is 1. The summed E-state index contributed by atoms with van der Waals surface area (Å²) in [6, 6.07) is 0. The predicted molar refractivity (Wildman–Crippen MR) is 90.9 cm³/mol. The first kappa shape index (κ1) is 19.4. The molecule has 2 atom stereocenters. The van der Waals surface area contributed by atoms with E-state index < -0.39 is 11.1 Å². The van der Waals surface area contributed by atoms with Crippen molar-refractivity contribution in [1.29, 1.82) is 0 Å². The molecule has 0 spiro atoms. The molecule has 1 saturated heterocycles. The maximum atomic E-state index is 12.8. The minimum atomic E-state index is -0.590. The van der Waals surface area contributed by atoms with Gasteiger partial charge in [-0.3, -0.25) is 9.69 Å². The lowest BCUT2D eigenvalue weighted by Gasteiger charge is -2.56. The van der Waals surface area contributed by atoms with E-state index in [0.29, 0.717) is 19.5 Å². The van der Waals surface area contributed by atoms with Gasteiger partial charge in [-0.15, -0.1) is 0 Å². The van der Waals surface area contributed by atoms with Crippen molar-refractivity contribution in [3.8, 4) is 0 Å². The number of carbonyl (C=O) groups is 1. The molecule has 3 N–H and O–H groups in total. The summed E-state index contributed by atoms with van der Waals surface area (Å²) in [5.74, 6) is 0.0426. The van der Waals surface area contributed by atoms with Crippen LogP contribution in [0.15, 0.2) is 0 Å². The van der Waals surface area contributed by atoms with E-state index in [-0.39, 0.29) is 23.6 Å². The molecule has 22 heavy (non-hydrogen) atoms. The number of amides is 1. The van der Waals surface area contributed by atoms with Gasteiger partial charge in [0.25, 0.3) is 0 Å². The van der Waals surface area contributed by atoms with Crippen molar-refractivity contribution in [2.24, 2.45) is 0 Å². The standard InChI is InChI=1S/C17H35N3O2/c1-9-17(8)13(22)19-16(7,10-18-14(2,3)4)11-20(17)15(5,6)12-21/h18,21H,9-12H2,1-8H3,(H,19,22). The molecule has 1 amide bonds. The van der Waals surface area contributed by atoms with E-state index in [1.54, 1.807) is 0 Å². The summed E-state index contributed by atoms with van der Waals surface area (Å²) in [4.78, 5) is 15.0. The van der Waals surface area contributed by atoms with Gasteiger partial charge in [-0.05, 0) is 54.9 Å². The topological polar surface area (TPSA) is 64.6 Å². The van der Waals surface area contributed by atoms with Gasteiger partial charge in [-0.2, -0.15) is 0 Å². The van der Waals surface area contributed by atoms with E-state index in [4.69, 9.17) is 0 Å². The van der Waals surface area contributed by atoms with Gasteiger partial charge in [0.15, 0.2) is 0 Å². The van der Waals surface area contributed by atoms with Crippen LogP contribution in [0.2, 0.25) is 0 Å². The van der Waals surface area contributed by atoms with Crippen molar-refractivity contribution < 1.29 is 9.90 Å². The highest BCUT2D eigenvalue weighted by molar-refractivity contribution is 5.87. The predicted octanol–water partition coefficient (Wildman–Crippen LogP) is 1.50. The van der Waals surface area contributed by atoms with Gasteiger partial charge in [0.05, 0.1) is 17.7 Å². The normalized spacial score (nSPS) is 31.2. The molecule has 0 bridgehead atoms. The Kier molecular flexibility index (Phi) is 5.38. The summed E-state index contributed by atoms with van der Waals surface area (Å²) in [6.45, 7) is 17.8. The van der Waals surface area contributed by atoms with Crippen molar-refractivity contribution in [1.82, 2.24) is 15.5 Å². The lowest BCUT2D eigenvalue weighted by Crippen LogP contribution is -2.77. The van der Waals surface area contributed by atoms with E-state index in [2.05, 4.69) is 43.2 Å². The lowest BCUT2D eigenvalue weighted by atomic mass is 9.81. The summed E-state index contributed by atoms with van der Waals surface area (Å²) < 4.78 is 0. The molecule has 2 unspecified atom stereocenters. The molecule has 0 aliphatic carbocycles. The second kappa shape index (κ2) is 6.10. The maximum absolute atomic E-state index is 12.8. The number of nitrogens with zero attached hydrogens (tertiary/aromatic N) is 1. The molecule has 5 nitrogen and oxygen atoms in total. The molecule has 1 aliphatic heterocycles. The molecule has 1 heterocycles. The van der Waals surface area contributed by atoms with E-state index in [0.717, 1.165) is 0 Å². The van der Waals surface area contributed by atoms with Crippen molar-refractivity contribution in [2.75, 3.05) is 19.7 Å². The Morgan fingerprint density at radius 1 is 1.27 bits per heavy atom. The summed E-state index contributed by atoms with van der Waals surface area (Å²) in [5.41, 5.74) is -1.39. The number of hydrogen-bond donors (Lipinski definition) is 3. The third kappa shape index (κ3) is 4.00. The molecule has 0 aromatic rings. The fourth-order valence-electron chi connectivity index (χ4n) is 2.97. The monoisotopic (exact) mass is 313 g/mol. The highest BCUT2D eigenvalue weighted by Gasteiger charge is 2.52. The Hall–Kier alpha value is -0.650. The Balaban J connectivity index is 3.08. The van der Waals surface area contributed by atoms with E-state index in [9.17, 15) is 9.90 Å². The quantitative estimate of drug-likeness (QED) is 0.720. The zero-order chi connectivity index (χ0) is 17.4. The Labute approximate surface area is 135 Å². The average molecular weight is 313 g/mol. The molecular formula is C17H35N3O2. The number of aliphatic hydroxyl groups excluding tert-OH is 1. The molecule has 0 saturated carbocycles. The fourth-order valence-corrected chi connectivity index (χ4v) is 2.97. The molecule has 1 aliphatic rings. The molecule has 0 radical (unpaired) electrons. The van der Waals surface area contributed by atoms with Crippen LogP contribution in [0.5, 0.6) is 0 Å². The zero-order valence-electron chi connectivity index (χ0n) is 15.6. The number of hydrogen-bond acceptors (Lipinski definition) is 4. The van der Waals surface area contributed by atoms with Gasteiger partial charge in [-0.1, -0.05) is 6.92 Å². The first-order valence-corrected chi connectivity index (χ1v) is 8.26. The zero-order valence-corrected chi connectivity index (χ0v) is 15.6. The number of nitrogens with one attached hydrogen (secondary N) is 2. The van der Waals surface area contributed by atoms with Crippen LogP contribution in [0.4, 0.5) is 0 Å². The van der Waals surface area contributed by atoms with Gasteiger partial charge in [0.1, 0.15) is 0 Å². The van der Waals surface area contributed by atoms with Crippen LogP contribution in [0.3, 0.4) is 0 Å². The Morgan fingerprint density at radius 2 is 1.82 bits per heavy atom. The first-order valence-electron chi connectivity index (χ1n) is 8.26. The largest absolute Gasteiger partial charge is 0.394 e. The minimum Gasteiger partial charge on any atom is -0.394 e. The molecule has 5 heteroatoms. The third-order valence-electron chi connectivity index (χ3n) is 4.82. The molecule has 0 aromatic heterocycles. The van der Waals surface area contributed by atoms with Gasteiger partial charge in [0.2, 0.25) is 5.91 Å². The molecule has 0 aromatic carbocycles. The Morgan fingerprint density at radius 3 is 2.23 bits per heavy atom. The summed E-state index contributed by atoms with van der Waals surface area (Å²) in [7, 11) is 0. The summed E-state index contributed by atoms with van der Waals surface area (Å²) in [6.07, 6.45) is 0.713. The molecule has 1 rings (SSSR count). The van der Waals surface area contributed by atoms with E-state index in [1.807, 2.05) is 27.7 Å². The van der Waals surface area contributed by atoms with E-state index >= 15 is 0 Å². The highest BCUT2D eigenvalue weighted by Crippen LogP contribution is 2.34. The molecule has 130 valence electrons. The van der Waals surface area contributed by atoms with Crippen LogP contribution >= 0.6 is 0 Å². The van der Waals surface area contributed by atoms with Crippen molar-refractivity contribution in [3.63, 3.8) is 0 Å². The number of piperazine rings is 1. The highest BCUT2D eigenvalue weighted by atomic mass is 16.3. The van der Waals surface area contributed by atoms with E-state index in [1.165, 1.54) is 0 Å². The van der Waals surface area contributed by atoms with Crippen LogP contribution in [-0.4, -0.2) is 57.8 Å². The first-order chi connectivity index (χ1) is 9.80. The van der Waals surface area contributed by atoms with Gasteiger partial charge in [-0.25, -0.2) is 0 Å². The average Bonchev–Trinajstić information content (AvgIpc) is 2.40. The SMILES string of the molecule is CCC1(C)C(=O)NC(C)(CNC(C)(C)C)CN1C(C)(C)CO. The van der Waals surface area contributed by atoms with Crippen LogP contribution in [-0.2, 0) is 4.79 Å². The molecular weight excluding hydrogens is 278 g/mol. The summed E-state index contributed by atoms with van der Waals surface area (Å²) in [5, 5.41) is 16.5. The van der Waals surface area contributed by atoms with Crippen molar-refractivity contribution in [3.05, 3.63) is 0 Å². The maximum Gasteiger partial charge on any atom is 0.240 e. The number of rotatable bonds is 5. The van der Waals surface area contributed by atoms with Crippen LogP contribution in [0, 0.1) is 0 Å². The van der Waals surface area contributed by atoms with Crippen LogP contribution in [0.25, 0.3) is 0 Å². The van der Waals surface area contributed by atoms with Crippen LogP contribution in [0.1, 0.15) is 61.8 Å². The number of aliphatic hydroxyl groups is 1. The van der Waals surface area contributed by atoms with Gasteiger partial charge < -0.3 is 15.7 Å². The molecule has 1 fully saturated rings. The van der Waals surface area contributed by atoms with Gasteiger partial charge >= 0.3 is 0 Å². The van der Waals surface area contributed by atoms with Gasteiger partial charge in [0, 0.05) is 24.2 Å². The fraction of sp³-hybridized carbons (Fsp3) is 0.941.